The van der Waals surface area contributed by atoms with Gasteiger partial charge in [0.2, 0.25) is 5.91 Å². The molecule has 2 aromatic carbocycles. The topological polar surface area (TPSA) is 56.2 Å². The van der Waals surface area contributed by atoms with Crippen LogP contribution in [0.4, 0.5) is 0 Å². The van der Waals surface area contributed by atoms with E-state index < -0.39 is 0 Å². The summed E-state index contributed by atoms with van der Waals surface area (Å²) in [6.45, 7) is 2.03. The minimum absolute atomic E-state index is 0.0312. The normalized spacial score (nSPS) is 11.1. The molecule has 0 spiro atoms. The number of hydrogen-bond donors (Lipinski definition) is 1. The molecule has 0 aliphatic carbocycles. The Hall–Kier alpha value is -3.05. The molecule has 2 heterocycles. The van der Waals surface area contributed by atoms with E-state index in [1.54, 1.807) is 20.4 Å². The Morgan fingerprint density at radius 2 is 2.00 bits per heavy atom. The van der Waals surface area contributed by atoms with Crippen molar-refractivity contribution in [3.8, 4) is 11.4 Å². The Bertz CT molecular complexity index is 1210. The molecular formula is C22H20ClN3O2. The molecular weight excluding hydrogens is 374 g/mol. The van der Waals surface area contributed by atoms with E-state index >= 15 is 0 Å². The van der Waals surface area contributed by atoms with Gasteiger partial charge in [0.05, 0.1) is 30.3 Å². The monoisotopic (exact) mass is 393 g/mol. The molecule has 2 aromatic heterocycles. The Morgan fingerprint density at radius 3 is 2.75 bits per heavy atom. The number of hydrogen-bond acceptors (Lipinski definition) is 3. The average molecular weight is 394 g/mol. The van der Waals surface area contributed by atoms with Crippen molar-refractivity contribution in [1.29, 1.82) is 0 Å². The van der Waals surface area contributed by atoms with E-state index in [0.29, 0.717) is 11.4 Å². The number of amides is 1. The first-order valence-electron chi connectivity index (χ1n) is 8.96. The number of carbonyl (C=O) groups is 1. The summed E-state index contributed by atoms with van der Waals surface area (Å²) in [5, 5.41) is 5.36. The maximum Gasteiger partial charge on any atom is 0.224 e. The fourth-order valence-electron chi connectivity index (χ4n) is 3.67. The van der Waals surface area contributed by atoms with Gasteiger partial charge in [-0.25, -0.2) is 0 Å². The zero-order valence-electron chi connectivity index (χ0n) is 15.9. The van der Waals surface area contributed by atoms with Crippen molar-refractivity contribution < 1.29 is 9.53 Å². The fourth-order valence-corrected chi connectivity index (χ4v) is 3.84. The summed E-state index contributed by atoms with van der Waals surface area (Å²) in [5.74, 6) is 0.727. The molecule has 5 nitrogen and oxygen atoms in total. The molecule has 0 saturated heterocycles. The van der Waals surface area contributed by atoms with E-state index in [4.69, 9.17) is 16.3 Å². The molecule has 28 heavy (non-hydrogen) atoms. The molecule has 0 fully saturated rings. The number of methoxy groups -OCH3 is 1. The average Bonchev–Trinajstić information content (AvgIpc) is 2.97. The number of ether oxygens (including phenoxy) is 1. The predicted molar refractivity (Wildman–Crippen MR) is 113 cm³/mol. The van der Waals surface area contributed by atoms with Crippen molar-refractivity contribution in [1.82, 2.24) is 14.9 Å². The van der Waals surface area contributed by atoms with Gasteiger partial charge in [-0.2, -0.15) is 0 Å². The van der Waals surface area contributed by atoms with E-state index in [9.17, 15) is 4.79 Å². The van der Waals surface area contributed by atoms with E-state index in [1.165, 1.54) is 0 Å². The number of likely N-dealkylation sites (N-methyl/N-ethyl adjacent to an activating group) is 1. The van der Waals surface area contributed by atoms with Crippen LogP contribution in [0.25, 0.3) is 27.5 Å². The molecule has 1 amide bonds. The molecule has 0 aliphatic heterocycles. The third-order valence-corrected chi connectivity index (χ3v) is 5.32. The van der Waals surface area contributed by atoms with Gasteiger partial charge < -0.3 is 14.6 Å². The Morgan fingerprint density at radius 1 is 1.18 bits per heavy atom. The second-order valence-electron chi connectivity index (χ2n) is 6.62. The van der Waals surface area contributed by atoms with Gasteiger partial charge in [0.25, 0.3) is 0 Å². The number of benzene rings is 2. The van der Waals surface area contributed by atoms with Crippen molar-refractivity contribution in [3.05, 3.63) is 64.9 Å². The van der Waals surface area contributed by atoms with Crippen molar-refractivity contribution >= 4 is 39.3 Å². The van der Waals surface area contributed by atoms with Crippen LogP contribution < -0.4 is 10.1 Å². The number of pyridine rings is 1. The standard InChI is InChI=1S/C22H20ClN3O2/c1-13-17(12-22(27)24-2)18-11-15(28-3)5-7-20(18)26(13)21-8-9-25-19-10-14(23)4-6-16(19)21/h4-11H,12H2,1-3H3,(H,24,27). The molecule has 0 saturated carbocycles. The summed E-state index contributed by atoms with van der Waals surface area (Å²) < 4.78 is 7.58. The summed E-state index contributed by atoms with van der Waals surface area (Å²) in [7, 11) is 3.29. The lowest BCUT2D eigenvalue weighted by Crippen LogP contribution is -2.20. The van der Waals surface area contributed by atoms with Crippen LogP contribution in [0.1, 0.15) is 11.3 Å². The highest BCUT2D eigenvalue weighted by Gasteiger charge is 2.19. The maximum absolute atomic E-state index is 12.2. The second-order valence-corrected chi connectivity index (χ2v) is 7.06. The van der Waals surface area contributed by atoms with Gasteiger partial charge in [-0.05, 0) is 55.0 Å². The Labute approximate surface area is 167 Å². The summed E-state index contributed by atoms with van der Waals surface area (Å²) in [5.41, 5.74) is 4.83. The lowest BCUT2D eigenvalue weighted by atomic mass is 10.1. The van der Waals surface area contributed by atoms with E-state index in [0.717, 1.165) is 44.5 Å². The van der Waals surface area contributed by atoms with E-state index in [1.807, 2.05) is 49.4 Å². The number of rotatable bonds is 4. The molecule has 0 atom stereocenters. The maximum atomic E-state index is 12.2. The van der Waals surface area contributed by atoms with Crippen LogP contribution in [0.2, 0.25) is 5.02 Å². The van der Waals surface area contributed by atoms with Gasteiger partial charge >= 0.3 is 0 Å². The van der Waals surface area contributed by atoms with Crippen molar-refractivity contribution in [2.45, 2.75) is 13.3 Å². The highest BCUT2D eigenvalue weighted by atomic mass is 35.5. The van der Waals surface area contributed by atoms with Crippen molar-refractivity contribution in [2.24, 2.45) is 0 Å². The first-order valence-corrected chi connectivity index (χ1v) is 9.34. The van der Waals surface area contributed by atoms with Crippen LogP contribution in [0.15, 0.2) is 48.7 Å². The second kappa shape index (κ2) is 7.17. The van der Waals surface area contributed by atoms with Crippen molar-refractivity contribution in [2.75, 3.05) is 14.2 Å². The minimum atomic E-state index is -0.0312. The van der Waals surface area contributed by atoms with E-state index in [-0.39, 0.29) is 5.91 Å². The summed E-state index contributed by atoms with van der Waals surface area (Å²) >= 11 is 6.15. The molecule has 4 aromatic rings. The molecule has 6 heteroatoms. The number of carbonyl (C=O) groups excluding carboxylic acids is 1. The highest BCUT2D eigenvalue weighted by Crippen LogP contribution is 2.34. The highest BCUT2D eigenvalue weighted by molar-refractivity contribution is 6.31. The summed E-state index contributed by atoms with van der Waals surface area (Å²) in [6.07, 6.45) is 2.08. The number of nitrogens with zero attached hydrogens (tertiary/aromatic N) is 2. The SMILES string of the molecule is CNC(=O)Cc1c(C)n(-c2ccnc3cc(Cl)ccc23)c2ccc(OC)cc12. The van der Waals surface area contributed by atoms with Gasteiger partial charge in [-0.3, -0.25) is 9.78 Å². The number of halogens is 1. The molecule has 1 N–H and O–H groups in total. The quantitative estimate of drug-likeness (QED) is 0.557. The number of aromatic nitrogens is 2. The molecule has 0 radical (unpaired) electrons. The minimum Gasteiger partial charge on any atom is -0.497 e. The van der Waals surface area contributed by atoms with Gasteiger partial charge in [0.1, 0.15) is 5.75 Å². The molecule has 4 rings (SSSR count). The van der Waals surface area contributed by atoms with Gasteiger partial charge in [-0.15, -0.1) is 0 Å². The van der Waals surface area contributed by atoms with Gasteiger partial charge in [-0.1, -0.05) is 11.6 Å². The van der Waals surface area contributed by atoms with Crippen LogP contribution in [0.3, 0.4) is 0 Å². The predicted octanol–water partition coefficient (Wildman–Crippen LogP) is 4.44. The molecule has 0 bridgehead atoms. The van der Waals surface area contributed by atoms with Crippen LogP contribution in [0.5, 0.6) is 5.75 Å². The zero-order valence-corrected chi connectivity index (χ0v) is 16.7. The third kappa shape index (κ3) is 2.98. The van der Waals surface area contributed by atoms with Crippen LogP contribution in [-0.2, 0) is 11.2 Å². The Balaban J connectivity index is 2.05. The van der Waals surface area contributed by atoms with Crippen LogP contribution >= 0.6 is 11.6 Å². The fraction of sp³-hybridized carbons (Fsp3) is 0.182. The van der Waals surface area contributed by atoms with Gasteiger partial charge in [0.15, 0.2) is 0 Å². The smallest absolute Gasteiger partial charge is 0.224 e. The van der Waals surface area contributed by atoms with Crippen LogP contribution in [-0.4, -0.2) is 29.6 Å². The largest absolute Gasteiger partial charge is 0.497 e. The third-order valence-electron chi connectivity index (χ3n) is 5.08. The lowest BCUT2D eigenvalue weighted by molar-refractivity contribution is -0.119. The first kappa shape index (κ1) is 18.3. The molecule has 0 unspecified atom stereocenters. The first-order chi connectivity index (χ1) is 13.5. The van der Waals surface area contributed by atoms with Gasteiger partial charge in [0, 0.05) is 34.7 Å². The zero-order chi connectivity index (χ0) is 19.8. The van der Waals surface area contributed by atoms with Crippen molar-refractivity contribution in [3.63, 3.8) is 0 Å². The summed E-state index contributed by atoms with van der Waals surface area (Å²) in [6, 6.07) is 13.6. The number of fused-ring (bicyclic) bond motifs is 2. The van der Waals surface area contributed by atoms with Crippen LogP contribution in [0, 0.1) is 6.92 Å². The molecule has 0 aliphatic rings. The van der Waals surface area contributed by atoms with E-state index in [2.05, 4.69) is 14.9 Å². The Kier molecular flexibility index (Phi) is 4.69. The number of nitrogens with one attached hydrogen (secondary N) is 1. The summed E-state index contributed by atoms with van der Waals surface area (Å²) in [4.78, 5) is 16.6. The molecule has 142 valence electrons. The lowest BCUT2D eigenvalue weighted by Gasteiger charge is -2.12.